The average Bonchev–Trinajstić information content (AvgIpc) is 3.15. The molecule has 5 nitrogen and oxygen atoms in total. The van der Waals surface area contributed by atoms with Crippen molar-refractivity contribution in [2.75, 3.05) is 0 Å². The topological polar surface area (TPSA) is 59.4 Å². The maximum atomic E-state index is 5.58. The Morgan fingerprint density at radius 3 is 2.55 bits per heavy atom. The van der Waals surface area contributed by atoms with E-state index in [-0.39, 0.29) is 0 Å². The molecule has 0 saturated heterocycles. The molecule has 6 heteroatoms. The summed E-state index contributed by atoms with van der Waals surface area (Å²) in [6.07, 6.45) is 1.76. The number of aromatic amines is 1. The van der Waals surface area contributed by atoms with Crippen LogP contribution in [0.5, 0.6) is 0 Å². The molecule has 0 bridgehead atoms. The first-order valence-electron chi connectivity index (χ1n) is 9.27. The Morgan fingerprint density at radius 1 is 0.931 bits per heavy atom. The maximum absolute atomic E-state index is 5.58. The number of nitrogens with one attached hydrogen (secondary N) is 1. The van der Waals surface area contributed by atoms with Gasteiger partial charge in [-0.3, -0.25) is 9.67 Å². The molecule has 5 aromatic rings. The number of aromatic nitrogens is 5. The van der Waals surface area contributed by atoms with Gasteiger partial charge in [-0.05, 0) is 49.0 Å². The minimum atomic E-state index is 0.541. The number of rotatable bonds is 3. The van der Waals surface area contributed by atoms with E-state index in [4.69, 9.17) is 17.2 Å². The van der Waals surface area contributed by atoms with Crippen molar-refractivity contribution in [1.29, 1.82) is 0 Å². The molecule has 2 aromatic carbocycles. The first-order valence-corrected chi connectivity index (χ1v) is 9.68. The molecule has 0 spiro atoms. The molecule has 0 aliphatic heterocycles. The minimum Gasteiger partial charge on any atom is -0.268 e. The van der Waals surface area contributed by atoms with E-state index >= 15 is 0 Å². The quantitative estimate of drug-likeness (QED) is 0.409. The predicted octanol–water partition coefficient (Wildman–Crippen LogP) is 5.52. The van der Waals surface area contributed by atoms with Gasteiger partial charge in [0, 0.05) is 22.7 Å². The third-order valence-corrected chi connectivity index (χ3v) is 5.18. The van der Waals surface area contributed by atoms with Crippen LogP contribution in [-0.2, 0) is 0 Å². The number of para-hydroxylation sites is 1. The van der Waals surface area contributed by atoms with Crippen LogP contribution in [0.25, 0.3) is 39.4 Å². The van der Waals surface area contributed by atoms with E-state index in [1.165, 1.54) is 0 Å². The molecular weight excluding hydrogens is 378 g/mol. The third-order valence-electron chi connectivity index (χ3n) is 4.91. The lowest BCUT2D eigenvalue weighted by Crippen LogP contribution is -2.02. The average molecular weight is 395 g/mol. The summed E-state index contributed by atoms with van der Waals surface area (Å²) in [7, 11) is 0. The van der Waals surface area contributed by atoms with Crippen LogP contribution in [-0.4, -0.2) is 24.7 Å². The number of nitrogens with zero attached hydrogens (tertiary/aromatic N) is 4. The standard InChI is InChI=1S/C23H17N5S/c1-15-8-5-6-12-19(15)28-22(26-27-23(28)29)18-14-17-11-7-13-24-21(17)25-20(18)16-9-3-2-4-10-16/h2-14H,1H3,(H,27,29). The Labute approximate surface area is 172 Å². The highest BCUT2D eigenvalue weighted by atomic mass is 32.1. The third kappa shape index (κ3) is 3.03. The van der Waals surface area contributed by atoms with Gasteiger partial charge < -0.3 is 0 Å². The maximum Gasteiger partial charge on any atom is 0.200 e. The van der Waals surface area contributed by atoms with E-state index in [0.717, 1.165) is 39.3 Å². The Balaban J connectivity index is 1.85. The van der Waals surface area contributed by atoms with Crippen molar-refractivity contribution in [2.45, 2.75) is 6.92 Å². The molecule has 0 amide bonds. The van der Waals surface area contributed by atoms with Gasteiger partial charge in [0.15, 0.2) is 16.2 Å². The molecule has 3 heterocycles. The number of aryl methyl sites for hydroxylation is 1. The van der Waals surface area contributed by atoms with Gasteiger partial charge in [-0.15, -0.1) is 0 Å². The van der Waals surface area contributed by atoms with Crippen LogP contribution in [0.3, 0.4) is 0 Å². The van der Waals surface area contributed by atoms with Gasteiger partial charge in [0.05, 0.1) is 11.4 Å². The van der Waals surface area contributed by atoms with Crippen LogP contribution in [0.15, 0.2) is 79.0 Å². The van der Waals surface area contributed by atoms with Crippen molar-refractivity contribution in [2.24, 2.45) is 0 Å². The van der Waals surface area contributed by atoms with E-state index in [1.807, 2.05) is 65.2 Å². The van der Waals surface area contributed by atoms with E-state index in [0.29, 0.717) is 10.4 Å². The lowest BCUT2D eigenvalue weighted by Gasteiger charge is -2.13. The fraction of sp³-hybridized carbons (Fsp3) is 0.0435. The zero-order valence-electron chi connectivity index (χ0n) is 15.7. The van der Waals surface area contributed by atoms with E-state index in [1.54, 1.807) is 6.20 Å². The van der Waals surface area contributed by atoms with Gasteiger partial charge in [-0.25, -0.2) is 9.97 Å². The zero-order chi connectivity index (χ0) is 19.8. The van der Waals surface area contributed by atoms with Crippen LogP contribution < -0.4 is 0 Å². The zero-order valence-corrected chi connectivity index (χ0v) is 16.5. The first kappa shape index (κ1) is 17.5. The van der Waals surface area contributed by atoms with Gasteiger partial charge in [-0.1, -0.05) is 48.5 Å². The van der Waals surface area contributed by atoms with Gasteiger partial charge >= 0.3 is 0 Å². The summed E-state index contributed by atoms with van der Waals surface area (Å²) in [5, 5.41) is 8.49. The minimum absolute atomic E-state index is 0.541. The molecule has 0 saturated carbocycles. The molecule has 0 atom stereocenters. The number of hydrogen-bond acceptors (Lipinski definition) is 4. The molecule has 0 unspecified atom stereocenters. The molecule has 0 radical (unpaired) electrons. The molecule has 1 N–H and O–H groups in total. The summed E-state index contributed by atoms with van der Waals surface area (Å²) < 4.78 is 2.51. The number of fused-ring (bicyclic) bond motifs is 1. The number of pyridine rings is 2. The van der Waals surface area contributed by atoms with Crippen molar-refractivity contribution in [1.82, 2.24) is 24.7 Å². The molecule has 0 fully saturated rings. The van der Waals surface area contributed by atoms with Crippen LogP contribution in [0.1, 0.15) is 5.56 Å². The highest BCUT2D eigenvalue weighted by Gasteiger charge is 2.19. The van der Waals surface area contributed by atoms with Gasteiger partial charge in [-0.2, -0.15) is 5.10 Å². The SMILES string of the molecule is Cc1ccccc1-n1c(-c2cc3cccnc3nc2-c2ccccc2)n[nH]c1=S. The van der Waals surface area contributed by atoms with Crippen LogP contribution in [0.2, 0.25) is 0 Å². The van der Waals surface area contributed by atoms with Gasteiger partial charge in [0.2, 0.25) is 0 Å². The number of hydrogen-bond donors (Lipinski definition) is 1. The van der Waals surface area contributed by atoms with E-state index in [9.17, 15) is 0 Å². The van der Waals surface area contributed by atoms with Gasteiger partial charge in [0.1, 0.15) is 0 Å². The lowest BCUT2D eigenvalue weighted by atomic mass is 10.0. The van der Waals surface area contributed by atoms with Crippen LogP contribution in [0, 0.1) is 11.7 Å². The molecule has 0 aliphatic carbocycles. The van der Waals surface area contributed by atoms with Crippen molar-refractivity contribution in [3.8, 4) is 28.3 Å². The van der Waals surface area contributed by atoms with Crippen molar-refractivity contribution < 1.29 is 0 Å². The van der Waals surface area contributed by atoms with Crippen LogP contribution >= 0.6 is 12.2 Å². The summed E-state index contributed by atoms with van der Waals surface area (Å²) in [6.45, 7) is 2.06. The highest BCUT2D eigenvalue weighted by Crippen LogP contribution is 2.33. The summed E-state index contributed by atoms with van der Waals surface area (Å²) in [6, 6.07) is 24.2. The Bertz CT molecular complexity index is 1390. The summed E-state index contributed by atoms with van der Waals surface area (Å²) in [4.78, 5) is 9.31. The Kier molecular flexibility index (Phi) is 4.26. The number of H-pyrrole nitrogens is 1. The first-order chi connectivity index (χ1) is 14.2. The van der Waals surface area contributed by atoms with E-state index in [2.05, 4.69) is 34.2 Å². The second kappa shape index (κ2) is 7.07. The fourth-order valence-electron chi connectivity index (χ4n) is 3.51. The Hall–Kier alpha value is -3.64. The molecular formula is C23H17N5S. The molecule has 5 rings (SSSR count). The van der Waals surface area contributed by atoms with Crippen molar-refractivity contribution >= 4 is 23.3 Å². The number of benzene rings is 2. The van der Waals surface area contributed by atoms with Crippen LogP contribution in [0.4, 0.5) is 0 Å². The summed E-state index contributed by atoms with van der Waals surface area (Å²) >= 11 is 5.58. The molecule has 0 aliphatic rings. The second-order valence-corrected chi connectivity index (χ2v) is 7.16. The monoisotopic (exact) mass is 395 g/mol. The summed E-state index contributed by atoms with van der Waals surface area (Å²) in [5.41, 5.74) is 5.52. The van der Waals surface area contributed by atoms with Gasteiger partial charge in [0.25, 0.3) is 0 Å². The fourth-order valence-corrected chi connectivity index (χ4v) is 3.74. The van der Waals surface area contributed by atoms with Crippen molar-refractivity contribution in [3.63, 3.8) is 0 Å². The largest absolute Gasteiger partial charge is 0.268 e. The smallest absolute Gasteiger partial charge is 0.200 e. The Morgan fingerprint density at radius 2 is 1.72 bits per heavy atom. The normalized spacial score (nSPS) is 11.1. The highest BCUT2D eigenvalue weighted by molar-refractivity contribution is 7.71. The molecule has 29 heavy (non-hydrogen) atoms. The van der Waals surface area contributed by atoms with E-state index < -0.39 is 0 Å². The molecule has 3 aromatic heterocycles. The predicted molar refractivity (Wildman–Crippen MR) is 117 cm³/mol. The lowest BCUT2D eigenvalue weighted by molar-refractivity contribution is 1.02. The summed E-state index contributed by atoms with van der Waals surface area (Å²) in [5.74, 6) is 0.724. The second-order valence-electron chi connectivity index (χ2n) is 6.77. The molecule has 140 valence electrons. The van der Waals surface area contributed by atoms with Crippen molar-refractivity contribution in [3.05, 3.63) is 89.3 Å².